The zero-order valence-corrected chi connectivity index (χ0v) is 9.82. The van der Waals surface area contributed by atoms with Gasteiger partial charge in [-0.25, -0.2) is 4.98 Å². The third kappa shape index (κ3) is 1.45. The summed E-state index contributed by atoms with van der Waals surface area (Å²) in [6.07, 6.45) is 3.85. The van der Waals surface area contributed by atoms with Gasteiger partial charge in [-0.05, 0) is 40.1 Å². The number of aromatic nitrogens is 2. The quantitative estimate of drug-likeness (QED) is 0.581. The van der Waals surface area contributed by atoms with Gasteiger partial charge in [0, 0.05) is 12.4 Å². The van der Waals surface area contributed by atoms with E-state index in [4.69, 9.17) is 0 Å². The summed E-state index contributed by atoms with van der Waals surface area (Å²) in [4.78, 5) is 4.36. The smallest absolute Gasteiger partial charge is 0.140 e. The molecular formula is C10H11IN2. The van der Waals surface area contributed by atoms with Crippen molar-refractivity contribution in [3.63, 3.8) is 0 Å². The topological polar surface area (TPSA) is 17.3 Å². The van der Waals surface area contributed by atoms with E-state index in [0.717, 1.165) is 5.65 Å². The second-order valence-electron chi connectivity index (χ2n) is 3.39. The number of rotatable bonds is 1. The Bertz CT molecular complexity index is 431. The highest BCUT2D eigenvalue weighted by Gasteiger charge is 2.07. The molecule has 0 bridgehead atoms. The van der Waals surface area contributed by atoms with E-state index in [1.54, 1.807) is 0 Å². The molecule has 0 aliphatic rings. The van der Waals surface area contributed by atoms with E-state index in [2.05, 4.69) is 58.0 Å². The average molecular weight is 286 g/mol. The van der Waals surface area contributed by atoms with Gasteiger partial charge in [-0.1, -0.05) is 19.9 Å². The fraction of sp³-hybridized carbons (Fsp3) is 0.300. The number of pyridine rings is 1. The summed E-state index contributed by atoms with van der Waals surface area (Å²) in [6, 6.07) is 4.29. The lowest BCUT2D eigenvalue weighted by atomic mass is 10.1. The normalized spacial score (nSPS) is 11.4. The summed E-state index contributed by atoms with van der Waals surface area (Å²) in [5, 5.41) is 0. The molecular weight excluding hydrogens is 275 g/mol. The van der Waals surface area contributed by atoms with E-state index < -0.39 is 0 Å². The molecule has 2 nitrogen and oxygen atoms in total. The van der Waals surface area contributed by atoms with Crippen LogP contribution in [0.5, 0.6) is 0 Å². The SMILES string of the molecule is CC(C)c1ccc(I)n2ccnc12. The summed E-state index contributed by atoms with van der Waals surface area (Å²) < 4.78 is 3.32. The third-order valence-electron chi connectivity index (χ3n) is 2.15. The monoisotopic (exact) mass is 286 g/mol. The molecule has 0 aliphatic heterocycles. The van der Waals surface area contributed by atoms with Crippen molar-refractivity contribution in [3.8, 4) is 0 Å². The first-order valence-electron chi connectivity index (χ1n) is 4.31. The predicted molar refractivity (Wildman–Crippen MR) is 62.0 cm³/mol. The molecule has 0 aliphatic carbocycles. The van der Waals surface area contributed by atoms with Crippen LogP contribution < -0.4 is 0 Å². The van der Waals surface area contributed by atoms with Gasteiger partial charge in [-0.2, -0.15) is 0 Å². The molecule has 0 saturated carbocycles. The highest BCUT2D eigenvalue weighted by molar-refractivity contribution is 14.1. The van der Waals surface area contributed by atoms with Crippen LogP contribution in [0.25, 0.3) is 5.65 Å². The lowest BCUT2D eigenvalue weighted by Gasteiger charge is -2.07. The Morgan fingerprint density at radius 3 is 2.85 bits per heavy atom. The van der Waals surface area contributed by atoms with E-state index in [-0.39, 0.29) is 0 Å². The van der Waals surface area contributed by atoms with Crippen molar-refractivity contribution in [2.75, 3.05) is 0 Å². The molecule has 2 aromatic heterocycles. The zero-order valence-electron chi connectivity index (χ0n) is 7.66. The van der Waals surface area contributed by atoms with Crippen molar-refractivity contribution < 1.29 is 0 Å². The Balaban J connectivity index is 2.78. The van der Waals surface area contributed by atoms with Crippen molar-refractivity contribution in [1.82, 2.24) is 9.38 Å². The summed E-state index contributed by atoms with van der Waals surface area (Å²) in [6.45, 7) is 4.38. The molecule has 68 valence electrons. The third-order valence-corrected chi connectivity index (χ3v) is 3.03. The molecule has 2 rings (SSSR count). The lowest BCUT2D eigenvalue weighted by molar-refractivity contribution is 0.860. The molecule has 0 fully saturated rings. The summed E-state index contributed by atoms with van der Waals surface area (Å²) in [5.74, 6) is 0.530. The minimum Gasteiger partial charge on any atom is -0.294 e. The van der Waals surface area contributed by atoms with E-state index >= 15 is 0 Å². The van der Waals surface area contributed by atoms with Crippen molar-refractivity contribution in [2.24, 2.45) is 0 Å². The van der Waals surface area contributed by atoms with Crippen LogP contribution in [-0.2, 0) is 0 Å². The number of nitrogens with zero attached hydrogens (tertiary/aromatic N) is 2. The number of imidazole rings is 1. The molecule has 0 amide bonds. The van der Waals surface area contributed by atoms with Crippen LogP contribution in [0.4, 0.5) is 0 Å². The first-order chi connectivity index (χ1) is 6.20. The highest BCUT2D eigenvalue weighted by atomic mass is 127. The molecule has 13 heavy (non-hydrogen) atoms. The predicted octanol–water partition coefficient (Wildman–Crippen LogP) is 3.06. The van der Waals surface area contributed by atoms with Gasteiger partial charge >= 0.3 is 0 Å². The molecule has 2 heterocycles. The number of fused-ring (bicyclic) bond motifs is 1. The largest absolute Gasteiger partial charge is 0.294 e. The standard InChI is InChI=1S/C10H11IN2/c1-7(2)8-3-4-9(11)13-6-5-12-10(8)13/h3-7H,1-2H3. The average Bonchev–Trinajstić information content (AvgIpc) is 2.53. The van der Waals surface area contributed by atoms with Gasteiger partial charge < -0.3 is 0 Å². The maximum Gasteiger partial charge on any atom is 0.140 e. The molecule has 0 atom stereocenters. The van der Waals surface area contributed by atoms with Gasteiger partial charge in [-0.3, -0.25) is 4.40 Å². The zero-order chi connectivity index (χ0) is 9.42. The molecule has 0 spiro atoms. The molecule has 0 N–H and O–H groups in total. The van der Waals surface area contributed by atoms with Crippen LogP contribution in [0.3, 0.4) is 0 Å². The molecule has 0 unspecified atom stereocenters. The van der Waals surface area contributed by atoms with Gasteiger partial charge in [0.15, 0.2) is 0 Å². The van der Waals surface area contributed by atoms with Crippen LogP contribution in [0.1, 0.15) is 25.3 Å². The Labute approximate surface area is 91.1 Å². The fourth-order valence-corrected chi connectivity index (χ4v) is 2.02. The molecule has 0 radical (unpaired) electrons. The highest BCUT2D eigenvalue weighted by Crippen LogP contribution is 2.21. The Morgan fingerprint density at radius 2 is 2.15 bits per heavy atom. The summed E-state index contributed by atoms with van der Waals surface area (Å²) in [5.41, 5.74) is 2.40. The Kier molecular flexibility index (Phi) is 2.27. The van der Waals surface area contributed by atoms with Crippen LogP contribution in [0, 0.1) is 3.70 Å². The van der Waals surface area contributed by atoms with Gasteiger partial charge in [0.05, 0.1) is 3.70 Å². The van der Waals surface area contributed by atoms with Crippen LogP contribution in [0.15, 0.2) is 24.5 Å². The number of hydrogen-bond donors (Lipinski definition) is 0. The maximum absolute atomic E-state index is 4.36. The van der Waals surface area contributed by atoms with Gasteiger partial charge in [0.2, 0.25) is 0 Å². The van der Waals surface area contributed by atoms with Crippen molar-refractivity contribution in [3.05, 3.63) is 33.8 Å². The Morgan fingerprint density at radius 1 is 1.38 bits per heavy atom. The lowest BCUT2D eigenvalue weighted by Crippen LogP contribution is -1.96. The Hall–Kier alpha value is -0.580. The minimum atomic E-state index is 0.530. The molecule has 2 aromatic rings. The van der Waals surface area contributed by atoms with E-state index in [0.29, 0.717) is 5.92 Å². The maximum atomic E-state index is 4.36. The molecule has 0 saturated heterocycles. The van der Waals surface area contributed by atoms with E-state index in [1.807, 2.05) is 12.4 Å². The van der Waals surface area contributed by atoms with Crippen LogP contribution in [-0.4, -0.2) is 9.38 Å². The summed E-state index contributed by atoms with van der Waals surface area (Å²) >= 11 is 2.32. The number of halogens is 1. The minimum absolute atomic E-state index is 0.530. The van der Waals surface area contributed by atoms with Gasteiger partial charge in [0.1, 0.15) is 5.65 Å². The van der Waals surface area contributed by atoms with E-state index in [9.17, 15) is 0 Å². The molecule has 3 heteroatoms. The summed E-state index contributed by atoms with van der Waals surface area (Å²) in [7, 11) is 0. The first-order valence-corrected chi connectivity index (χ1v) is 5.39. The van der Waals surface area contributed by atoms with Crippen molar-refractivity contribution in [1.29, 1.82) is 0 Å². The van der Waals surface area contributed by atoms with Crippen LogP contribution in [0.2, 0.25) is 0 Å². The van der Waals surface area contributed by atoms with Gasteiger partial charge in [-0.15, -0.1) is 0 Å². The first kappa shape index (κ1) is 8.99. The van der Waals surface area contributed by atoms with Crippen molar-refractivity contribution in [2.45, 2.75) is 19.8 Å². The number of hydrogen-bond acceptors (Lipinski definition) is 1. The van der Waals surface area contributed by atoms with Gasteiger partial charge in [0.25, 0.3) is 0 Å². The second kappa shape index (κ2) is 3.29. The second-order valence-corrected chi connectivity index (χ2v) is 4.49. The fourth-order valence-electron chi connectivity index (χ4n) is 1.45. The van der Waals surface area contributed by atoms with E-state index in [1.165, 1.54) is 9.26 Å². The van der Waals surface area contributed by atoms with Crippen molar-refractivity contribution >= 4 is 28.2 Å². The van der Waals surface area contributed by atoms with Crippen LogP contribution >= 0.6 is 22.6 Å². The molecule has 0 aromatic carbocycles.